The summed E-state index contributed by atoms with van der Waals surface area (Å²) in [6.45, 7) is 3.09. The van der Waals surface area contributed by atoms with E-state index in [1.165, 1.54) is 6.42 Å². The molecule has 1 saturated carbocycles. The van der Waals surface area contributed by atoms with Crippen molar-refractivity contribution in [3.63, 3.8) is 0 Å². The van der Waals surface area contributed by atoms with Gasteiger partial charge in [-0.25, -0.2) is 0 Å². The lowest BCUT2D eigenvalue weighted by Gasteiger charge is -2.40. The Labute approximate surface area is 91.8 Å². The van der Waals surface area contributed by atoms with Crippen molar-refractivity contribution in [1.82, 2.24) is 5.32 Å². The zero-order valence-corrected chi connectivity index (χ0v) is 9.44. The van der Waals surface area contributed by atoms with Crippen molar-refractivity contribution >= 4 is 5.91 Å². The van der Waals surface area contributed by atoms with Crippen molar-refractivity contribution in [2.45, 2.75) is 39.0 Å². The average Bonchev–Trinajstić information content (AvgIpc) is 2.18. The molecule has 3 heteroatoms. The molecule has 0 atom stereocenters. The van der Waals surface area contributed by atoms with E-state index in [9.17, 15) is 4.79 Å². The van der Waals surface area contributed by atoms with Gasteiger partial charge in [0.1, 0.15) is 0 Å². The molecule has 1 fully saturated rings. The number of hydrogen-bond donors (Lipinski definition) is 2. The van der Waals surface area contributed by atoms with Gasteiger partial charge in [-0.2, -0.15) is 0 Å². The number of carbonyl (C=O) groups excluding carboxylic acids is 1. The van der Waals surface area contributed by atoms with Crippen LogP contribution in [0.25, 0.3) is 0 Å². The maximum absolute atomic E-state index is 11.6. The second kappa shape index (κ2) is 5.77. The van der Waals surface area contributed by atoms with Crippen LogP contribution in [0.4, 0.5) is 0 Å². The van der Waals surface area contributed by atoms with E-state index in [4.69, 9.17) is 5.73 Å². The summed E-state index contributed by atoms with van der Waals surface area (Å²) >= 11 is 0. The Kier molecular flexibility index (Phi) is 4.64. The third-order valence-corrected chi connectivity index (χ3v) is 3.13. The minimum atomic E-state index is 0.112. The van der Waals surface area contributed by atoms with Crippen LogP contribution in [0.15, 0.2) is 0 Å². The first-order chi connectivity index (χ1) is 7.22. The molecule has 3 nitrogen and oxygen atoms in total. The quantitative estimate of drug-likeness (QED) is 0.524. The Bertz CT molecular complexity index is 266. The van der Waals surface area contributed by atoms with Gasteiger partial charge in [-0.15, -0.1) is 11.8 Å². The fourth-order valence-electron chi connectivity index (χ4n) is 1.92. The first-order valence-corrected chi connectivity index (χ1v) is 5.59. The van der Waals surface area contributed by atoms with Crippen LogP contribution in [0.1, 0.15) is 39.0 Å². The molecule has 0 aromatic heterocycles. The molecule has 3 N–H and O–H groups in total. The van der Waals surface area contributed by atoms with Crippen molar-refractivity contribution in [1.29, 1.82) is 0 Å². The Morgan fingerprint density at radius 1 is 1.53 bits per heavy atom. The number of rotatable bonds is 5. The first-order valence-electron chi connectivity index (χ1n) is 5.59. The summed E-state index contributed by atoms with van der Waals surface area (Å²) in [6, 6.07) is 0. The minimum Gasteiger partial charge on any atom is -0.355 e. The monoisotopic (exact) mass is 208 g/mol. The molecule has 0 saturated heterocycles. The van der Waals surface area contributed by atoms with Crippen molar-refractivity contribution in [2.75, 3.05) is 13.1 Å². The van der Waals surface area contributed by atoms with Crippen LogP contribution in [0.5, 0.6) is 0 Å². The van der Waals surface area contributed by atoms with Gasteiger partial charge in [0.15, 0.2) is 0 Å². The maximum Gasteiger partial charge on any atom is 0.220 e. The van der Waals surface area contributed by atoms with Crippen molar-refractivity contribution in [3.8, 4) is 11.8 Å². The van der Waals surface area contributed by atoms with Gasteiger partial charge in [-0.3, -0.25) is 4.79 Å². The number of nitrogens with one attached hydrogen (secondary N) is 1. The summed E-state index contributed by atoms with van der Waals surface area (Å²) in [5, 5.41) is 2.88. The summed E-state index contributed by atoms with van der Waals surface area (Å²) in [5.74, 6) is 5.84. The predicted molar refractivity (Wildman–Crippen MR) is 61.0 cm³/mol. The Morgan fingerprint density at radius 3 is 2.73 bits per heavy atom. The molecule has 1 aliphatic carbocycles. The van der Waals surface area contributed by atoms with Crippen LogP contribution in [-0.4, -0.2) is 19.0 Å². The summed E-state index contributed by atoms with van der Waals surface area (Å²) in [7, 11) is 0. The SMILES string of the molecule is CC#CCCNC(=O)CC1(CN)CCC1. The van der Waals surface area contributed by atoms with Crippen LogP contribution < -0.4 is 11.1 Å². The van der Waals surface area contributed by atoms with Crippen LogP contribution in [0.2, 0.25) is 0 Å². The van der Waals surface area contributed by atoms with E-state index >= 15 is 0 Å². The molecule has 15 heavy (non-hydrogen) atoms. The normalized spacial score (nSPS) is 17.2. The summed E-state index contributed by atoms with van der Waals surface area (Å²) in [4.78, 5) is 11.6. The zero-order chi connectivity index (χ0) is 11.1. The van der Waals surface area contributed by atoms with Crippen molar-refractivity contribution < 1.29 is 4.79 Å². The Balaban J connectivity index is 2.19. The Morgan fingerprint density at radius 2 is 2.27 bits per heavy atom. The zero-order valence-electron chi connectivity index (χ0n) is 9.44. The smallest absolute Gasteiger partial charge is 0.220 e. The van der Waals surface area contributed by atoms with E-state index < -0.39 is 0 Å². The standard InChI is InChI=1S/C12H20N2O/c1-2-3-4-8-14-11(15)9-12(10-13)6-5-7-12/h4-10,13H2,1H3,(H,14,15). The highest BCUT2D eigenvalue weighted by Gasteiger charge is 2.37. The van der Waals surface area contributed by atoms with Crippen LogP contribution in [0.3, 0.4) is 0 Å². The topological polar surface area (TPSA) is 55.1 Å². The van der Waals surface area contributed by atoms with Crippen molar-refractivity contribution in [2.24, 2.45) is 11.1 Å². The van der Waals surface area contributed by atoms with Crippen LogP contribution in [-0.2, 0) is 4.79 Å². The predicted octanol–water partition coefficient (Wildman–Crippen LogP) is 1.04. The molecule has 0 heterocycles. The molecule has 0 radical (unpaired) electrons. The van der Waals surface area contributed by atoms with Gasteiger partial charge in [0, 0.05) is 19.4 Å². The number of carbonyl (C=O) groups is 1. The second-order valence-electron chi connectivity index (χ2n) is 4.26. The molecular formula is C12H20N2O. The number of nitrogens with two attached hydrogens (primary N) is 1. The van der Waals surface area contributed by atoms with Gasteiger partial charge < -0.3 is 11.1 Å². The van der Waals surface area contributed by atoms with Gasteiger partial charge in [-0.1, -0.05) is 6.42 Å². The molecule has 0 aromatic rings. The largest absolute Gasteiger partial charge is 0.355 e. The van der Waals surface area contributed by atoms with E-state index in [0.717, 1.165) is 19.3 Å². The summed E-state index contributed by atoms with van der Waals surface area (Å²) < 4.78 is 0. The minimum absolute atomic E-state index is 0.112. The van der Waals surface area contributed by atoms with E-state index in [-0.39, 0.29) is 11.3 Å². The maximum atomic E-state index is 11.6. The molecule has 1 rings (SSSR count). The lowest BCUT2D eigenvalue weighted by atomic mass is 9.66. The molecular weight excluding hydrogens is 188 g/mol. The molecule has 0 aromatic carbocycles. The average molecular weight is 208 g/mol. The molecule has 0 unspecified atom stereocenters. The number of amides is 1. The van der Waals surface area contributed by atoms with Gasteiger partial charge in [0.05, 0.1) is 0 Å². The van der Waals surface area contributed by atoms with Crippen LogP contribution >= 0.6 is 0 Å². The Hall–Kier alpha value is -1.01. The fraction of sp³-hybridized carbons (Fsp3) is 0.750. The molecule has 1 amide bonds. The van der Waals surface area contributed by atoms with E-state index in [1.807, 2.05) is 0 Å². The van der Waals surface area contributed by atoms with Gasteiger partial charge in [0.25, 0.3) is 0 Å². The molecule has 84 valence electrons. The van der Waals surface area contributed by atoms with E-state index in [1.54, 1.807) is 6.92 Å². The second-order valence-corrected chi connectivity index (χ2v) is 4.26. The van der Waals surface area contributed by atoms with Gasteiger partial charge in [-0.05, 0) is 31.7 Å². The first kappa shape index (κ1) is 12.1. The third kappa shape index (κ3) is 3.56. The lowest BCUT2D eigenvalue weighted by Crippen LogP contribution is -2.42. The summed E-state index contributed by atoms with van der Waals surface area (Å²) in [6.07, 6.45) is 4.74. The van der Waals surface area contributed by atoms with Crippen LogP contribution in [0, 0.1) is 17.3 Å². The third-order valence-electron chi connectivity index (χ3n) is 3.13. The lowest BCUT2D eigenvalue weighted by molar-refractivity contribution is -0.124. The fourth-order valence-corrected chi connectivity index (χ4v) is 1.92. The van der Waals surface area contributed by atoms with Crippen molar-refractivity contribution in [3.05, 3.63) is 0 Å². The highest BCUT2D eigenvalue weighted by Crippen LogP contribution is 2.42. The summed E-state index contributed by atoms with van der Waals surface area (Å²) in [5.41, 5.74) is 5.80. The molecule has 0 aliphatic heterocycles. The van der Waals surface area contributed by atoms with E-state index in [0.29, 0.717) is 19.5 Å². The highest BCUT2D eigenvalue weighted by atomic mass is 16.1. The van der Waals surface area contributed by atoms with E-state index in [2.05, 4.69) is 17.2 Å². The van der Waals surface area contributed by atoms with Gasteiger partial charge >= 0.3 is 0 Å². The van der Waals surface area contributed by atoms with Gasteiger partial charge in [0.2, 0.25) is 5.91 Å². The molecule has 0 spiro atoms. The molecule has 1 aliphatic rings. The highest BCUT2D eigenvalue weighted by molar-refractivity contribution is 5.76. The molecule has 0 bridgehead atoms. The number of hydrogen-bond acceptors (Lipinski definition) is 2.